The number of carbonyl (C=O) groups excluding carboxylic acids is 2. The van der Waals surface area contributed by atoms with Gasteiger partial charge in [0.25, 0.3) is 11.8 Å². The molecule has 6 heteroatoms. The molecule has 2 rings (SSSR count). The Labute approximate surface area is 142 Å². The van der Waals surface area contributed by atoms with Crippen molar-refractivity contribution in [1.29, 1.82) is 0 Å². The van der Waals surface area contributed by atoms with E-state index in [0.29, 0.717) is 18.5 Å². The zero-order chi connectivity index (χ0) is 17.7. The highest BCUT2D eigenvalue weighted by Crippen LogP contribution is 2.30. The molecule has 1 saturated heterocycles. The number of ether oxygens (including phenoxy) is 1. The molecule has 0 unspecified atom stereocenters. The zero-order valence-electron chi connectivity index (χ0n) is 14.6. The molecule has 0 bridgehead atoms. The van der Waals surface area contributed by atoms with Crippen molar-refractivity contribution in [3.05, 3.63) is 28.8 Å². The number of hydrogen-bond donors (Lipinski definition) is 2. The van der Waals surface area contributed by atoms with E-state index >= 15 is 0 Å². The second-order valence-corrected chi connectivity index (χ2v) is 6.11. The number of nitrogens with one attached hydrogen (secondary N) is 1. The summed E-state index contributed by atoms with van der Waals surface area (Å²) in [5, 5.41) is 8.78. The Morgan fingerprint density at radius 2 is 1.83 bits per heavy atom. The maximum atomic E-state index is 12.8. The Morgan fingerprint density at radius 3 is 2.21 bits per heavy atom. The second-order valence-electron chi connectivity index (χ2n) is 6.11. The minimum absolute atomic E-state index is 0.174. The van der Waals surface area contributed by atoms with Crippen LogP contribution in [0.25, 0.3) is 0 Å². The van der Waals surface area contributed by atoms with Crippen LogP contribution >= 0.6 is 0 Å². The van der Waals surface area contributed by atoms with Gasteiger partial charge in [0.05, 0.1) is 7.11 Å². The fourth-order valence-electron chi connectivity index (χ4n) is 3.19. The molecule has 132 valence electrons. The van der Waals surface area contributed by atoms with Gasteiger partial charge < -0.3 is 9.64 Å². The predicted molar refractivity (Wildman–Crippen MR) is 90.4 cm³/mol. The third-order valence-corrected chi connectivity index (χ3v) is 4.43. The van der Waals surface area contributed by atoms with Gasteiger partial charge in [0.1, 0.15) is 11.8 Å². The molecule has 2 amide bonds. The lowest BCUT2D eigenvalue weighted by Gasteiger charge is -2.39. The lowest BCUT2D eigenvalue weighted by Crippen LogP contribution is -2.57. The Bertz CT molecular complexity index is 588. The summed E-state index contributed by atoms with van der Waals surface area (Å²) in [5.74, 6) is 0.154. The van der Waals surface area contributed by atoms with Crippen LogP contribution < -0.4 is 10.2 Å². The lowest BCUT2D eigenvalue weighted by molar-refractivity contribution is -0.137. The van der Waals surface area contributed by atoms with Gasteiger partial charge in [-0.05, 0) is 42.5 Å². The second kappa shape index (κ2) is 8.15. The van der Waals surface area contributed by atoms with Crippen LogP contribution in [0.4, 0.5) is 0 Å². The summed E-state index contributed by atoms with van der Waals surface area (Å²) >= 11 is 0. The number of carbonyl (C=O) groups is 2. The number of methoxy groups -OCH3 is 1. The number of benzene rings is 1. The van der Waals surface area contributed by atoms with Crippen LogP contribution in [0.1, 0.15) is 54.6 Å². The van der Waals surface area contributed by atoms with Crippen LogP contribution in [0.2, 0.25) is 0 Å². The van der Waals surface area contributed by atoms with Crippen molar-refractivity contribution >= 4 is 11.8 Å². The predicted octanol–water partition coefficient (Wildman–Crippen LogP) is 2.32. The first kappa shape index (κ1) is 18.3. The van der Waals surface area contributed by atoms with Crippen LogP contribution in [0, 0.1) is 0 Å². The summed E-state index contributed by atoms with van der Waals surface area (Å²) in [6, 6.07) is 3.15. The zero-order valence-corrected chi connectivity index (χ0v) is 14.6. The topological polar surface area (TPSA) is 78.9 Å². The van der Waals surface area contributed by atoms with Crippen molar-refractivity contribution in [1.82, 2.24) is 10.4 Å². The summed E-state index contributed by atoms with van der Waals surface area (Å²) in [6.45, 7) is 4.70. The van der Waals surface area contributed by atoms with Gasteiger partial charge in [-0.2, -0.15) is 0 Å². The number of hydroxylamine groups is 1. The average Bonchev–Trinajstić information content (AvgIpc) is 2.54. The molecule has 1 atom stereocenters. The molecule has 1 aromatic carbocycles. The first-order valence-corrected chi connectivity index (χ1v) is 8.52. The van der Waals surface area contributed by atoms with E-state index in [4.69, 9.17) is 9.94 Å². The molecule has 0 aliphatic carbocycles. The molecule has 1 aliphatic rings. The number of nitrogens with zero attached hydrogens (tertiary/aromatic N) is 1. The standard InChI is InChI=1S/C18H26N2O4/c1-4-6-12-10-14(11-13(7-5-2)16(12)24-3)18(22)20-9-8-15(20)17(21)19-23/h10-11,15,23H,4-9H2,1-3H3,(H,19,21)/t15-/m1/s1. The number of amides is 2. The van der Waals surface area contributed by atoms with Gasteiger partial charge in [-0.1, -0.05) is 26.7 Å². The fourth-order valence-corrected chi connectivity index (χ4v) is 3.19. The Balaban J connectivity index is 2.35. The first-order valence-electron chi connectivity index (χ1n) is 8.52. The largest absolute Gasteiger partial charge is 0.496 e. The number of aryl methyl sites for hydroxylation is 2. The first-order chi connectivity index (χ1) is 11.6. The third kappa shape index (κ3) is 3.53. The van der Waals surface area contributed by atoms with Crippen LogP contribution in [0.15, 0.2) is 12.1 Å². The van der Waals surface area contributed by atoms with E-state index < -0.39 is 11.9 Å². The molecule has 0 radical (unpaired) electrons. The normalized spacial score (nSPS) is 16.5. The Morgan fingerprint density at radius 1 is 1.25 bits per heavy atom. The van der Waals surface area contributed by atoms with Crippen molar-refractivity contribution in [2.24, 2.45) is 0 Å². The number of rotatable bonds is 7. The summed E-state index contributed by atoms with van der Waals surface area (Å²) in [6.07, 6.45) is 4.15. The maximum absolute atomic E-state index is 12.8. The Hall–Kier alpha value is -2.08. The van der Waals surface area contributed by atoms with E-state index in [1.807, 2.05) is 12.1 Å². The molecule has 1 heterocycles. The van der Waals surface area contributed by atoms with Crippen LogP contribution in [-0.4, -0.2) is 41.6 Å². The molecule has 2 N–H and O–H groups in total. The van der Waals surface area contributed by atoms with Gasteiger partial charge in [0, 0.05) is 12.1 Å². The van der Waals surface area contributed by atoms with E-state index in [0.717, 1.165) is 42.6 Å². The monoisotopic (exact) mass is 334 g/mol. The van der Waals surface area contributed by atoms with Gasteiger partial charge in [-0.25, -0.2) is 5.48 Å². The highest BCUT2D eigenvalue weighted by Gasteiger charge is 2.38. The van der Waals surface area contributed by atoms with Crippen molar-refractivity contribution in [2.75, 3.05) is 13.7 Å². The van der Waals surface area contributed by atoms with E-state index in [1.165, 1.54) is 4.90 Å². The van der Waals surface area contributed by atoms with E-state index in [2.05, 4.69) is 13.8 Å². The highest BCUT2D eigenvalue weighted by atomic mass is 16.5. The van der Waals surface area contributed by atoms with Gasteiger partial charge in [0.2, 0.25) is 0 Å². The molecular weight excluding hydrogens is 308 g/mol. The van der Waals surface area contributed by atoms with Crippen molar-refractivity contribution in [3.8, 4) is 5.75 Å². The lowest BCUT2D eigenvalue weighted by atomic mass is 9.95. The summed E-state index contributed by atoms with van der Waals surface area (Å²) in [4.78, 5) is 25.9. The maximum Gasteiger partial charge on any atom is 0.266 e. The molecule has 1 aliphatic heterocycles. The van der Waals surface area contributed by atoms with E-state index in [-0.39, 0.29) is 5.91 Å². The van der Waals surface area contributed by atoms with E-state index in [9.17, 15) is 9.59 Å². The van der Waals surface area contributed by atoms with Crippen molar-refractivity contribution in [3.63, 3.8) is 0 Å². The van der Waals surface area contributed by atoms with Crippen LogP contribution in [0.5, 0.6) is 5.75 Å². The molecule has 24 heavy (non-hydrogen) atoms. The van der Waals surface area contributed by atoms with Gasteiger partial charge in [0.15, 0.2) is 0 Å². The molecule has 0 saturated carbocycles. The molecular formula is C18H26N2O4. The van der Waals surface area contributed by atoms with Crippen molar-refractivity contribution < 1.29 is 19.5 Å². The summed E-state index contributed by atoms with van der Waals surface area (Å²) < 4.78 is 5.57. The molecule has 0 aromatic heterocycles. The average molecular weight is 334 g/mol. The van der Waals surface area contributed by atoms with E-state index in [1.54, 1.807) is 12.6 Å². The molecule has 0 spiro atoms. The molecule has 1 aromatic rings. The summed E-state index contributed by atoms with van der Waals surface area (Å²) in [7, 11) is 1.66. The highest BCUT2D eigenvalue weighted by molar-refractivity contribution is 5.99. The minimum Gasteiger partial charge on any atom is -0.496 e. The van der Waals surface area contributed by atoms with Crippen LogP contribution in [0.3, 0.4) is 0 Å². The fraction of sp³-hybridized carbons (Fsp3) is 0.556. The smallest absolute Gasteiger partial charge is 0.266 e. The SMILES string of the molecule is CCCc1cc(C(=O)N2CC[C@@H]2C(=O)NO)cc(CCC)c1OC. The van der Waals surface area contributed by atoms with Crippen molar-refractivity contribution in [2.45, 2.75) is 52.0 Å². The third-order valence-electron chi connectivity index (χ3n) is 4.43. The molecule has 6 nitrogen and oxygen atoms in total. The molecule has 1 fully saturated rings. The summed E-state index contributed by atoms with van der Waals surface area (Å²) in [5.41, 5.74) is 4.27. The Kier molecular flexibility index (Phi) is 6.20. The quantitative estimate of drug-likeness (QED) is 0.592. The van der Waals surface area contributed by atoms with Crippen LogP contribution in [-0.2, 0) is 17.6 Å². The van der Waals surface area contributed by atoms with Gasteiger partial charge in [-0.15, -0.1) is 0 Å². The van der Waals surface area contributed by atoms with Gasteiger partial charge >= 0.3 is 0 Å². The minimum atomic E-state index is -0.589. The van der Waals surface area contributed by atoms with Gasteiger partial charge in [-0.3, -0.25) is 14.8 Å². The number of hydrogen-bond acceptors (Lipinski definition) is 4. The number of likely N-dealkylation sites (tertiary alicyclic amines) is 1.